The largest absolute Gasteiger partial charge is 0.372 e. The van der Waals surface area contributed by atoms with Gasteiger partial charge in [0.1, 0.15) is 0 Å². The van der Waals surface area contributed by atoms with E-state index in [1.807, 2.05) is 0 Å². The van der Waals surface area contributed by atoms with Crippen molar-refractivity contribution in [1.29, 1.82) is 0 Å². The SMILES string of the molecule is C=C=CCOCc1ccc([N+](=O)[O-])cc1. The summed E-state index contributed by atoms with van der Waals surface area (Å²) in [7, 11) is 0. The van der Waals surface area contributed by atoms with Crippen molar-refractivity contribution in [3.05, 3.63) is 58.3 Å². The molecule has 0 heterocycles. The maximum absolute atomic E-state index is 10.4. The first kappa shape index (κ1) is 11.2. The molecular formula is C11H11NO3. The van der Waals surface area contributed by atoms with Crippen LogP contribution in [-0.4, -0.2) is 11.5 Å². The maximum atomic E-state index is 10.4. The molecule has 0 aliphatic rings. The molecular weight excluding hydrogens is 194 g/mol. The van der Waals surface area contributed by atoms with Gasteiger partial charge in [-0.2, -0.15) is 0 Å². The van der Waals surface area contributed by atoms with Crippen molar-refractivity contribution in [1.82, 2.24) is 0 Å². The quantitative estimate of drug-likeness (QED) is 0.321. The Bertz CT molecular complexity index is 377. The standard InChI is InChI=1S/C11H11NO3/c1-2-3-8-15-9-10-4-6-11(7-5-10)12(13)14/h3-7H,1,8-9H2. The van der Waals surface area contributed by atoms with Crippen molar-refractivity contribution in [2.45, 2.75) is 6.61 Å². The first-order valence-electron chi connectivity index (χ1n) is 4.39. The van der Waals surface area contributed by atoms with Crippen molar-refractivity contribution in [3.8, 4) is 0 Å². The van der Waals surface area contributed by atoms with E-state index in [1.165, 1.54) is 12.1 Å². The van der Waals surface area contributed by atoms with Crippen LogP contribution in [0.15, 0.2) is 42.7 Å². The van der Waals surface area contributed by atoms with Gasteiger partial charge >= 0.3 is 0 Å². The minimum absolute atomic E-state index is 0.0877. The number of nitro groups is 1. The second-order valence-corrected chi connectivity index (χ2v) is 2.85. The van der Waals surface area contributed by atoms with Crippen LogP contribution in [0.2, 0.25) is 0 Å². The van der Waals surface area contributed by atoms with Gasteiger partial charge in [-0.25, -0.2) is 0 Å². The van der Waals surface area contributed by atoms with E-state index >= 15 is 0 Å². The third-order valence-electron chi connectivity index (χ3n) is 1.76. The Morgan fingerprint density at radius 1 is 1.47 bits per heavy atom. The van der Waals surface area contributed by atoms with Gasteiger partial charge in [0, 0.05) is 12.1 Å². The third kappa shape index (κ3) is 3.77. The van der Waals surface area contributed by atoms with Crippen molar-refractivity contribution in [2.75, 3.05) is 6.61 Å². The van der Waals surface area contributed by atoms with Crippen LogP contribution in [0.5, 0.6) is 0 Å². The van der Waals surface area contributed by atoms with Crippen LogP contribution in [0.4, 0.5) is 5.69 Å². The van der Waals surface area contributed by atoms with Gasteiger partial charge in [-0.3, -0.25) is 10.1 Å². The topological polar surface area (TPSA) is 52.4 Å². The summed E-state index contributed by atoms with van der Waals surface area (Å²) in [5.41, 5.74) is 3.58. The summed E-state index contributed by atoms with van der Waals surface area (Å²) >= 11 is 0. The highest BCUT2D eigenvalue weighted by Gasteiger charge is 2.03. The Morgan fingerprint density at radius 3 is 2.67 bits per heavy atom. The lowest BCUT2D eigenvalue weighted by atomic mass is 10.2. The number of benzene rings is 1. The molecule has 1 aromatic carbocycles. The molecule has 0 unspecified atom stereocenters. The highest BCUT2D eigenvalue weighted by Crippen LogP contribution is 2.12. The summed E-state index contributed by atoms with van der Waals surface area (Å²) in [6, 6.07) is 6.27. The van der Waals surface area contributed by atoms with Crippen LogP contribution < -0.4 is 0 Å². The highest BCUT2D eigenvalue weighted by atomic mass is 16.6. The molecule has 0 spiro atoms. The fraction of sp³-hybridized carbons (Fsp3) is 0.182. The molecule has 0 radical (unpaired) electrons. The molecule has 0 saturated carbocycles. The lowest BCUT2D eigenvalue weighted by Crippen LogP contribution is -1.93. The number of hydrogen-bond donors (Lipinski definition) is 0. The predicted octanol–water partition coefficient (Wildman–Crippen LogP) is 2.45. The second kappa shape index (κ2) is 5.75. The van der Waals surface area contributed by atoms with E-state index in [4.69, 9.17) is 4.74 Å². The van der Waals surface area contributed by atoms with Gasteiger partial charge in [0.05, 0.1) is 18.1 Å². The average molecular weight is 205 g/mol. The van der Waals surface area contributed by atoms with Crippen LogP contribution in [0, 0.1) is 10.1 Å². The number of ether oxygens (including phenoxy) is 1. The molecule has 0 aromatic heterocycles. The Kier molecular flexibility index (Phi) is 4.29. The van der Waals surface area contributed by atoms with Gasteiger partial charge in [0.15, 0.2) is 0 Å². The normalized spacial score (nSPS) is 9.33. The summed E-state index contributed by atoms with van der Waals surface area (Å²) in [4.78, 5) is 9.94. The van der Waals surface area contributed by atoms with E-state index in [2.05, 4.69) is 12.3 Å². The molecule has 1 rings (SSSR count). The van der Waals surface area contributed by atoms with Crippen molar-refractivity contribution in [3.63, 3.8) is 0 Å². The fourth-order valence-corrected chi connectivity index (χ4v) is 1.01. The lowest BCUT2D eigenvalue weighted by molar-refractivity contribution is -0.384. The van der Waals surface area contributed by atoms with Gasteiger partial charge in [0.25, 0.3) is 5.69 Å². The van der Waals surface area contributed by atoms with E-state index in [-0.39, 0.29) is 5.69 Å². The molecule has 0 amide bonds. The molecule has 0 fully saturated rings. The number of non-ortho nitro benzene ring substituents is 1. The highest BCUT2D eigenvalue weighted by molar-refractivity contribution is 5.32. The van der Waals surface area contributed by atoms with Gasteiger partial charge < -0.3 is 4.74 Å². The Balaban J connectivity index is 2.49. The molecule has 1 aromatic rings. The zero-order valence-electron chi connectivity index (χ0n) is 8.18. The molecule has 4 nitrogen and oxygen atoms in total. The van der Waals surface area contributed by atoms with Crippen molar-refractivity contribution >= 4 is 5.69 Å². The zero-order chi connectivity index (χ0) is 11.1. The summed E-state index contributed by atoms with van der Waals surface area (Å²) in [5, 5.41) is 10.4. The van der Waals surface area contributed by atoms with Gasteiger partial charge in [-0.15, -0.1) is 5.73 Å². The molecule has 0 aliphatic carbocycles. The first-order chi connectivity index (χ1) is 7.24. The van der Waals surface area contributed by atoms with E-state index in [9.17, 15) is 10.1 Å². The van der Waals surface area contributed by atoms with Crippen LogP contribution in [-0.2, 0) is 11.3 Å². The maximum Gasteiger partial charge on any atom is 0.269 e. The molecule has 4 heteroatoms. The number of hydrogen-bond acceptors (Lipinski definition) is 3. The number of nitrogens with zero attached hydrogens (tertiary/aromatic N) is 1. The minimum Gasteiger partial charge on any atom is -0.372 e. The average Bonchev–Trinajstić information content (AvgIpc) is 2.25. The van der Waals surface area contributed by atoms with Crippen LogP contribution in [0.25, 0.3) is 0 Å². The summed E-state index contributed by atoms with van der Waals surface area (Å²) in [6.45, 7) is 4.27. The zero-order valence-corrected chi connectivity index (χ0v) is 8.18. The summed E-state index contributed by atoms with van der Waals surface area (Å²) < 4.78 is 5.23. The molecule has 0 N–H and O–H groups in total. The molecule has 0 saturated heterocycles. The molecule has 15 heavy (non-hydrogen) atoms. The van der Waals surface area contributed by atoms with E-state index in [0.717, 1.165) is 5.56 Å². The molecule has 0 aliphatic heterocycles. The van der Waals surface area contributed by atoms with Gasteiger partial charge in [-0.1, -0.05) is 6.58 Å². The second-order valence-electron chi connectivity index (χ2n) is 2.85. The van der Waals surface area contributed by atoms with E-state index < -0.39 is 4.92 Å². The fourth-order valence-electron chi connectivity index (χ4n) is 1.01. The smallest absolute Gasteiger partial charge is 0.269 e. The molecule has 78 valence electrons. The summed E-state index contributed by atoms with van der Waals surface area (Å²) in [5.74, 6) is 0. The van der Waals surface area contributed by atoms with Crippen molar-refractivity contribution in [2.24, 2.45) is 0 Å². The Hall–Kier alpha value is -1.90. The van der Waals surface area contributed by atoms with E-state index in [1.54, 1.807) is 18.2 Å². The Labute approximate surface area is 87.6 Å². The summed E-state index contributed by atoms with van der Waals surface area (Å²) in [6.07, 6.45) is 1.67. The van der Waals surface area contributed by atoms with E-state index in [0.29, 0.717) is 13.2 Å². The number of rotatable bonds is 5. The van der Waals surface area contributed by atoms with Crippen LogP contribution >= 0.6 is 0 Å². The third-order valence-corrected chi connectivity index (χ3v) is 1.76. The Morgan fingerprint density at radius 2 is 2.13 bits per heavy atom. The monoisotopic (exact) mass is 205 g/mol. The lowest BCUT2D eigenvalue weighted by Gasteiger charge is -2.00. The first-order valence-corrected chi connectivity index (χ1v) is 4.39. The minimum atomic E-state index is -0.426. The van der Waals surface area contributed by atoms with Gasteiger partial charge in [0.2, 0.25) is 0 Å². The van der Waals surface area contributed by atoms with Crippen LogP contribution in [0.3, 0.4) is 0 Å². The van der Waals surface area contributed by atoms with Crippen molar-refractivity contribution < 1.29 is 9.66 Å². The predicted molar refractivity (Wildman–Crippen MR) is 56.5 cm³/mol. The molecule has 0 bridgehead atoms. The number of nitro benzene ring substituents is 1. The molecule has 0 atom stereocenters. The van der Waals surface area contributed by atoms with Gasteiger partial charge in [-0.05, 0) is 23.8 Å². The van der Waals surface area contributed by atoms with Crippen LogP contribution in [0.1, 0.15) is 5.56 Å².